The number of rotatable bonds is 3. The summed E-state index contributed by atoms with van der Waals surface area (Å²) in [5, 5.41) is 14.1. The fraction of sp³-hybridized carbons (Fsp3) is 0.611. The Morgan fingerprint density at radius 3 is 2.84 bits per heavy atom. The normalized spacial score (nSPS) is 18.6. The van der Waals surface area contributed by atoms with Gasteiger partial charge in [-0.2, -0.15) is 0 Å². The zero-order valence-corrected chi connectivity index (χ0v) is 15.7. The predicted molar refractivity (Wildman–Crippen MR) is 98.0 cm³/mol. The van der Waals surface area contributed by atoms with Crippen molar-refractivity contribution >= 4 is 17.2 Å². The summed E-state index contributed by atoms with van der Waals surface area (Å²) in [5.41, 5.74) is 1.18. The number of carbonyl (C=O) groups is 1. The molecule has 1 N–H and O–H groups in total. The Kier molecular flexibility index (Phi) is 4.60. The molecule has 1 saturated heterocycles. The fourth-order valence-electron chi connectivity index (χ4n) is 3.85. The number of hydrogen-bond donors (Lipinski definition) is 1. The van der Waals surface area contributed by atoms with Crippen molar-refractivity contribution in [2.75, 3.05) is 19.6 Å². The summed E-state index contributed by atoms with van der Waals surface area (Å²) in [5.74, 6) is 3.15. The van der Waals surface area contributed by atoms with Crippen LogP contribution in [0.3, 0.4) is 0 Å². The summed E-state index contributed by atoms with van der Waals surface area (Å²) < 4.78 is 2.27. The highest BCUT2D eigenvalue weighted by atomic mass is 32.1. The van der Waals surface area contributed by atoms with E-state index in [1.54, 1.807) is 11.3 Å². The molecule has 2 aliphatic heterocycles. The fourth-order valence-corrected chi connectivity index (χ4v) is 4.87. The lowest BCUT2D eigenvalue weighted by molar-refractivity contribution is 0.0713. The molecule has 0 spiro atoms. The van der Waals surface area contributed by atoms with Crippen molar-refractivity contribution in [3.63, 3.8) is 0 Å². The van der Waals surface area contributed by atoms with Gasteiger partial charge in [0.05, 0.1) is 11.4 Å². The Labute approximate surface area is 152 Å². The highest BCUT2D eigenvalue weighted by Crippen LogP contribution is 2.31. The summed E-state index contributed by atoms with van der Waals surface area (Å²) >= 11 is 1.57. The van der Waals surface area contributed by atoms with E-state index in [-0.39, 0.29) is 5.91 Å². The molecule has 0 unspecified atom stereocenters. The number of fused-ring (bicyclic) bond motifs is 1. The second-order valence-corrected chi connectivity index (χ2v) is 8.15. The highest BCUT2D eigenvalue weighted by Gasteiger charge is 2.30. The van der Waals surface area contributed by atoms with Crippen molar-refractivity contribution in [2.45, 2.75) is 51.6 Å². The van der Waals surface area contributed by atoms with Crippen molar-refractivity contribution < 1.29 is 4.79 Å². The maximum Gasteiger partial charge on any atom is 0.264 e. The number of nitrogens with zero attached hydrogens (tertiary/aromatic N) is 4. The number of piperidine rings is 1. The van der Waals surface area contributed by atoms with Crippen molar-refractivity contribution in [3.05, 3.63) is 33.5 Å². The van der Waals surface area contributed by atoms with E-state index < -0.39 is 0 Å². The Hall–Kier alpha value is -1.73. The van der Waals surface area contributed by atoms with Crippen LogP contribution in [0.1, 0.15) is 65.4 Å². The van der Waals surface area contributed by atoms with Gasteiger partial charge in [0.1, 0.15) is 11.6 Å². The average Bonchev–Trinajstić information content (AvgIpc) is 3.28. The molecule has 0 atom stereocenters. The topological polar surface area (TPSA) is 63.1 Å². The highest BCUT2D eigenvalue weighted by molar-refractivity contribution is 7.12. The van der Waals surface area contributed by atoms with Crippen LogP contribution < -0.4 is 5.32 Å². The van der Waals surface area contributed by atoms with Crippen LogP contribution in [0.25, 0.3) is 0 Å². The maximum absolute atomic E-state index is 12.9. The first kappa shape index (κ1) is 16.7. The molecule has 0 aromatic carbocycles. The minimum atomic E-state index is 0.199. The average molecular weight is 359 g/mol. The van der Waals surface area contributed by atoms with E-state index in [0.29, 0.717) is 11.8 Å². The smallest absolute Gasteiger partial charge is 0.264 e. The molecule has 2 aromatic rings. The first-order valence-corrected chi connectivity index (χ1v) is 10.0. The SMILES string of the molecule is CC(C)c1ccsc1C(=O)N1CCC(c2nnc3n2CCNC3)CC1. The van der Waals surface area contributed by atoms with E-state index in [1.165, 1.54) is 5.56 Å². The summed E-state index contributed by atoms with van der Waals surface area (Å²) in [4.78, 5) is 15.8. The second-order valence-electron chi connectivity index (χ2n) is 7.23. The van der Waals surface area contributed by atoms with Gasteiger partial charge in [-0.25, -0.2) is 0 Å². The lowest BCUT2D eigenvalue weighted by atomic mass is 9.95. The number of carbonyl (C=O) groups excluding carboxylic acids is 1. The van der Waals surface area contributed by atoms with E-state index in [2.05, 4.69) is 40.0 Å². The molecule has 7 heteroatoms. The van der Waals surface area contributed by atoms with Crippen molar-refractivity contribution in [1.29, 1.82) is 0 Å². The van der Waals surface area contributed by atoms with Crippen LogP contribution in [0.5, 0.6) is 0 Å². The van der Waals surface area contributed by atoms with Gasteiger partial charge in [-0.05, 0) is 35.8 Å². The van der Waals surface area contributed by atoms with Crippen LogP contribution in [0.15, 0.2) is 11.4 Å². The summed E-state index contributed by atoms with van der Waals surface area (Å²) in [6.07, 6.45) is 1.94. The third kappa shape index (κ3) is 3.11. The Balaban J connectivity index is 1.44. The number of thiophene rings is 1. The second kappa shape index (κ2) is 6.88. The van der Waals surface area contributed by atoms with Gasteiger partial charge in [-0.15, -0.1) is 21.5 Å². The summed E-state index contributed by atoms with van der Waals surface area (Å²) in [7, 11) is 0. The molecule has 0 aliphatic carbocycles. The van der Waals surface area contributed by atoms with Gasteiger partial charge < -0.3 is 14.8 Å². The molecule has 0 radical (unpaired) electrons. The monoisotopic (exact) mass is 359 g/mol. The van der Waals surface area contributed by atoms with Crippen LogP contribution in [0, 0.1) is 0 Å². The number of aromatic nitrogens is 3. The molecular formula is C18H25N5OS. The molecule has 4 heterocycles. The molecule has 25 heavy (non-hydrogen) atoms. The van der Waals surface area contributed by atoms with Gasteiger partial charge in [-0.1, -0.05) is 13.8 Å². The number of amides is 1. The lowest BCUT2D eigenvalue weighted by Crippen LogP contribution is -2.39. The van der Waals surface area contributed by atoms with Crippen LogP contribution in [-0.4, -0.2) is 45.2 Å². The van der Waals surface area contributed by atoms with E-state index in [1.807, 2.05) is 10.3 Å². The largest absolute Gasteiger partial charge is 0.338 e. The first-order chi connectivity index (χ1) is 12.1. The molecule has 1 amide bonds. The molecular weight excluding hydrogens is 334 g/mol. The lowest BCUT2D eigenvalue weighted by Gasteiger charge is -2.32. The van der Waals surface area contributed by atoms with Gasteiger partial charge in [-0.3, -0.25) is 4.79 Å². The zero-order valence-electron chi connectivity index (χ0n) is 14.9. The number of likely N-dealkylation sites (tertiary alicyclic amines) is 1. The molecule has 2 aromatic heterocycles. The van der Waals surface area contributed by atoms with Crippen LogP contribution in [0.2, 0.25) is 0 Å². The van der Waals surface area contributed by atoms with E-state index in [4.69, 9.17) is 0 Å². The quantitative estimate of drug-likeness (QED) is 0.915. The third-order valence-electron chi connectivity index (χ3n) is 5.31. The Morgan fingerprint density at radius 2 is 2.08 bits per heavy atom. The van der Waals surface area contributed by atoms with E-state index in [9.17, 15) is 4.79 Å². The van der Waals surface area contributed by atoms with Gasteiger partial charge in [0.25, 0.3) is 5.91 Å². The summed E-state index contributed by atoms with van der Waals surface area (Å²) in [6.45, 7) is 8.64. The molecule has 2 aliphatic rings. The molecule has 0 bridgehead atoms. The minimum absolute atomic E-state index is 0.199. The van der Waals surface area contributed by atoms with Crippen LogP contribution in [0.4, 0.5) is 0 Å². The number of hydrogen-bond acceptors (Lipinski definition) is 5. The van der Waals surface area contributed by atoms with Gasteiger partial charge in [0, 0.05) is 32.1 Å². The molecule has 1 fully saturated rings. The molecule has 0 saturated carbocycles. The van der Waals surface area contributed by atoms with Crippen LogP contribution in [-0.2, 0) is 13.1 Å². The van der Waals surface area contributed by atoms with Crippen molar-refractivity contribution in [1.82, 2.24) is 25.0 Å². The first-order valence-electron chi connectivity index (χ1n) is 9.14. The van der Waals surface area contributed by atoms with Crippen molar-refractivity contribution in [3.8, 4) is 0 Å². The van der Waals surface area contributed by atoms with Crippen molar-refractivity contribution in [2.24, 2.45) is 0 Å². The Bertz CT molecular complexity index is 757. The van der Waals surface area contributed by atoms with Gasteiger partial charge >= 0.3 is 0 Å². The van der Waals surface area contributed by atoms with Crippen LogP contribution >= 0.6 is 11.3 Å². The third-order valence-corrected chi connectivity index (χ3v) is 6.23. The minimum Gasteiger partial charge on any atom is -0.338 e. The molecule has 4 rings (SSSR count). The number of nitrogens with one attached hydrogen (secondary N) is 1. The zero-order chi connectivity index (χ0) is 17.4. The predicted octanol–water partition coefficient (Wildman–Crippen LogP) is 2.59. The maximum atomic E-state index is 12.9. The molecule has 134 valence electrons. The standard InChI is InChI=1S/C18H25N5OS/c1-12(2)14-5-10-25-16(14)18(24)22-7-3-13(4-8-22)17-21-20-15-11-19-6-9-23(15)17/h5,10,12-13,19H,3-4,6-9,11H2,1-2H3. The van der Waals surface area contributed by atoms with Gasteiger partial charge in [0.15, 0.2) is 0 Å². The van der Waals surface area contributed by atoms with Gasteiger partial charge in [0.2, 0.25) is 0 Å². The summed E-state index contributed by atoms with van der Waals surface area (Å²) in [6, 6.07) is 2.09. The van der Waals surface area contributed by atoms with E-state index >= 15 is 0 Å². The van der Waals surface area contributed by atoms with E-state index in [0.717, 1.165) is 62.1 Å². The Morgan fingerprint density at radius 1 is 1.28 bits per heavy atom. The molecule has 6 nitrogen and oxygen atoms in total.